The first-order chi connectivity index (χ1) is 14.3. The number of aryl methyl sites for hydroxylation is 1. The Labute approximate surface area is 176 Å². The van der Waals surface area contributed by atoms with Gasteiger partial charge in [0.1, 0.15) is 19.3 Å². The third-order valence-corrected chi connectivity index (χ3v) is 5.55. The highest BCUT2D eigenvalue weighted by Gasteiger charge is 2.42. The number of aromatic nitrogens is 2. The van der Waals surface area contributed by atoms with Crippen LogP contribution in [0.3, 0.4) is 0 Å². The number of quaternary nitrogens is 1. The summed E-state index contributed by atoms with van der Waals surface area (Å²) >= 11 is 0. The minimum absolute atomic E-state index is 0.238. The maximum absolute atomic E-state index is 13.5. The second-order valence-corrected chi connectivity index (χ2v) is 8.79. The van der Waals surface area contributed by atoms with Gasteiger partial charge >= 0.3 is 5.91 Å². The Balaban J connectivity index is 2.15. The van der Waals surface area contributed by atoms with Crippen molar-refractivity contribution in [2.75, 3.05) is 5.75 Å². The highest BCUT2D eigenvalue weighted by Crippen LogP contribution is 2.30. The molecular formula is C22H26N3O4S+. The van der Waals surface area contributed by atoms with E-state index in [0.717, 1.165) is 17.5 Å². The lowest BCUT2D eigenvalue weighted by atomic mass is 10.1. The highest BCUT2D eigenvalue weighted by molar-refractivity contribution is 7.86. The van der Waals surface area contributed by atoms with Crippen LogP contribution < -0.4 is 4.48 Å². The smallest absolute Gasteiger partial charge is 0.285 e. The summed E-state index contributed by atoms with van der Waals surface area (Å²) in [5, 5.41) is 4.37. The van der Waals surface area contributed by atoms with E-state index in [1.165, 1.54) is 0 Å². The van der Waals surface area contributed by atoms with E-state index in [2.05, 4.69) is 5.10 Å². The summed E-state index contributed by atoms with van der Waals surface area (Å²) in [5.41, 5.74) is 2.34. The summed E-state index contributed by atoms with van der Waals surface area (Å²) in [6.07, 6.45) is 4.28. The number of nitrogens with zero attached hydrogens (tertiary/aromatic N) is 3. The van der Waals surface area contributed by atoms with E-state index < -0.39 is 21.8 Å². The van der Waals surface area contributed by atoms with Crippen molar-refractivity contribution in [2.24, 2.45) is 0 Å². The van der Waals surface area contributed by atoms with Gasteiger partial charge in [0.2, 0.25) is 0 Å². The molecule has 7 nitrogen and oxygen atoms in total. The fraction of sp³-hybridized carbons (Fsp3) is 0.273. The molecule has 1 amide bonds. The van der Waals surface area contributed by atoms with Crippen LogP contribution in [-0.4, -0.2) is 34.4 Å². The summed E-state index contributed by atoms with van der Waals surface area (Å²) in [7, 11) is -4.49. The number of carbonyl (C=O) groups excluding carboxylic acids is 1. The number of benzene rings is 2. The van der Waals surface area contributed by atoms with Crippen molar-refractivity contribution < 1.29 is 17.8 Å². The van der Waals surface area contributed by atoms with Crippen LogP contribution in [0.5, 0.6) is 0 Å². The van der Waals surface area contributed by atoms with Crippen molar-refractivity contribution in [1.82, 2.24) is 14.3 Å². The Hall–Kier alpha value is -2.81. The van der Waals surface area contributed by atoms with E-state index in [9.17, 15) is 17.8 Å². The predicted molar refractivity (Wildman–Crippen MR) is 116 cm³/mol. The number of amides is 1. The second kappa shape index (κ2) is 9.34. The van der Waals surface area contributed by atoms with Crippen LogP contribution in [-0.2, 0) is 34.5 Å². The average Bonchev–Trinajstić information content (AvgIpc) is 3.17. The van der Waals surface area contributed by atoms with Crippen LogP contribution in [0.2, 0.25) is 0 Å². The molecule has 30 heavy (non-hydrogen) atoms. The molecule has 1 N–H and O–H groups in total. The number of hydrogen-bond acceptors (Lipinski definition) is 4. The molecule has 1 aromatic heterocycles. The van der Waals surface area contributed by atoms with Gasteiger partial charge in [-0.3, -0.25) is 9.23 Å². The van der Waals surface area contributed by atoms with Gasteiger partial charge in [0, 0.05) is 17.7 Å². The van der Waals surface area contributed by atoms with Crippen LogP contribution in [0, 0.1) is 0 Å². The molecule has 2 aromatic carbocycles. The standard InChI is InChI=1S/C22H25N3O4S/c1-2-13-24-15-21(14-23-24)25(22(26)18-30(27,28)29,16-19-9-5-3-6-10-19)17-20-11-7-4-8-12-20/h3-12,14-15H,2,13,16-18H2,1H3/p+1. The van der Waals surface area contributed by atoms with Crippen molar-refractivity contribution in [1.29, 1.82) is 0 Å². The summed E-state index contributed by atoms with van der Waals surface area (Å²) in [4.78, 5) is 13.5. The zero-order valence-corrected chi connectivity index (χ0v) is 17.7. The second-order valence-electron chi connectivity index (χ2n) is 7.34. The Morgan fingerprint density at radius 1 is 1.00 bits per heavy atom. The number of hydrogen-bond donors (Lipinski definition) is 1. The number of rotatable bonds is 9. The topological polar surface area (TPSA) is 89.3 Å². The quantitative estimate of drug-likeness (QED) is 0.417. The molecule has 0 spiro atoms. The van der Waals surface area contributed by atoms with Crippen molar-refractivity contribution in [3.05, 3.63) is 84.2 Å². The van der Waals surface area contributed by atoms with Gasteiger partial charge in [0.15, 0.2) is 11.4 Å². The van der Waals surface area contributed by atoms with E-state index in [1.807, 2.05) is 67.6 Å². The molecule has 0 saturated carbocycles. The lowest BCUT2D eigenvalue weighted by Crippen LogP contribution is -2.55. The van der Waals surface area contributed by atoms with Crippen LogP contribution in [0.15, 0.2) is 73.1 Å². The predicted octanol–water partition coefficient (Wildman–Crippen LogP) is 3.42. The van der Waals surface area contributed by atoms with Gasteiger partial charge in [-0.05, 0) is 6.42 Å². The minimum atomic E-state index is -4.49. The van der Waals surface area contributed by atoms with Gasteiger partial charge < -0.3 is 0 Å². The monoisotopic (exact) mass is 428 g/mol. The average molecular weight is 429 g/mol. The molecule has 0 aliphatic rings. The van der Waals surface area contributed by atoms with Crippen LogP contribution in [0.1, 0.15) is 24.5 Å². The molecule has 0 unspecified atom stereocenters. The molecule has 0 atom stereocenters. The van der Waals surface area contributed by atoms with Gasteiger partial charge in [-0.2, -0.15) is 13.5 Å². The Morgan fingerprint density at radius 3 is 2.00 bits per heavy atom. The molecule has 0 aliphatic carbocycles. The third-order valence-electron chi connectivity index (χ3n) is 4.94. The molecule has 0 radical (unpaired) electrons. The Bertz CT molecular complexity index is 1040. The molecular weight excluding hydrogens is 402 g/mol. The number of carbonyl (C=O) groups is 1. The van der Waals surface area contributed by atoms with Crippen LogP contribution >= 0.6 is 0 Å². The van der Waals surface area contributed by atoms with E-state index >= 15 is 0 Å². The highest BCUT2D eigenvalue weighted by atomic mass is 32.2. The normalized spacial score (nSPS) is 12.1. The molecule has 3 aromatic rings. The molecule has 8 heteroatoms. The maximum Gasteiger partial charge on any atom is 0.337 e. The SMILES string of the molecule is CCCn1cc([N+](Cc2ccccc2)(Cc2ccccc2)C(=O)CS(=O)(=O)O)cn1. The van der Waals surface area contributed by atoms with Crippen molar-refractivity contribution in [3.63, 3.8) is 0 Å². The molecule has 0 aliphatic heterocycles. The van der Waals surface area contributed by atoms with Crippen molar-refractivity contribution >= 4 is 21.7 Å². The van der Waals surface area contributed by atoms with Crippen molar-refractivity contribution in [3.8, 4) is 0 Å². The van der Waals surface area contributed by atoms with E-state index in [0.29, 0.717) is 12.2 Å². The minimum Gasteiger partial charge on any atom is -0.285 e. The summed E-state index contributed by atoms with van der Waals surface area (Å²) in [6, 6.07) is 18.9. The molecule has 3 rings (SSSR count). The van der Waals surface area contributed by atoms with E-state index in [4.69, 9.17) is 0 Å². The molecule has 0 fully saturated rings. The van der Waals surface area contributed by atoms with Gasteiger partial charge in [-0.1, -0.05) is 67.6 Å². The van der Waals surface area contributed by atoms with Gasteiger partial charge in [0.05, 0.1) is 6.20 Å². The van der Waals surface area contributed by atoms with Gasteiger partial charge in [-0.25, -0.2) is 9.28 Å². The van der Waals surface area contributed by atoms with E-state index in [1.54, 1.807) is 17.1 Å². The zero-order chi connectivity index (χ0) is 21.6. The van der Waals surface area contributed by atoms with Crippen LogP contribution in [0.4, 0.5) is 5.69 Å². The van der Waals surface area contributed by atoms with Crippen LogP contribution in [0.25, 0.3) is 0 Å². The fourth-order valence-electron chi connectivity index (χ4n) is 3.55. The zero-order valence-electron chi connectivity index (χ0n) is 16.9. The molecule has 0 saturated heterocycles. The van der Waals surface area contributed by atoms with Gasteiger partial charge in [-0.15, -0.1) is 0 Å². The van der Waals surface area contributed by atoms with Gasteiger partial charge in [0.25, 0.3) is 10.1 Å². The first-order valence-corrected chi connectivity index (χ1v) is 11.4. The largest absolute Gasteiger partial charge is 0.337 e. The lowest BCUT2D eigenvalue weighted by molar-refractivity contribution is -0.129. The first-order valence-electron chi connectivity index (χ1n) is 9.79. The van der Waals surface area contributed by atoms with E-state index in [-0.39, 0.29) is 17.6 Å². The molecule has 0 bridgehead atoms. The summed E-state index contributed by atoms with van der Waals surface area (Å²) in [5.74, 6) is -1.58. The summed E-state index contributed by atoms with van der Waals surface area (Å²) < 4.78 is 34.2. The lowest BCUT2D eigenvalue weighted by Gasteiger charge is -2.34. The summed E-state index contributed by atoms with van der Waals surface area (Å²) in [6.45, 7) is 3.19. The Morgan fingerprint density at radius 2 is 1.53 bits per heavy atom. The molecule has 1 heterocycles. The maximum atomic E-state index is 13.5. The Kier molecular flexibility index (Phi) is 6.81. The molecule has 158 valence electrons. The first kappa shape index (κ1) is 21.9. The fourth-order valence-corrected chi connectivity index (χ4v) is 4.11. The van der Waals surface area contributed by atoms with Crippen molar-refractivity contribution in [2.45, 2.75) is 33.0 Å². The third kappa shape index (κ3) is 5.41.